The van der Waals surface area contributed by atoms with Crippen LogP contribution in [-0.4, -0.2) is 9.97 Å². The van der Waals surface area contributed by atoms with E-state index < -0.39 is 0 Å². The van der Waals surface area contributed by atoms with Crippen LogP contribution in [0.5, 0.6) is 0 Å². The van der Waals surface area contributed by atoms with Crippen molar-refractivity contribution in [2.45, 2.75) is 45.4 Å². The van der Waals surface area contributed by atoms with Crippen LogP contribution in [0, 0.1) is 12.1 Å². The molecule has 3 aromatic carbocycles. The summed E-state index contributed by atoms with van der Waals surface area (Å²) in [5.41, 5.74) is 11.2. The number of pyridine rings is 2. The summed E-state index contributed by atoms with van der Waals surface area (Å²) in [5, 5.41) is 0. The van der Waals surface area contributed by atoms with Gasteiger partial charge in [-0.15, -0.1) is 65.2 Å². The topological polar surface area (TPSA) is 25.8 Å². The van der Waals surface area contributed by atoms with E-state index in [0.717, 1.165) is 36.2 Å². The van der Waals surface area contributed by atoms with E-state index in [4.69, 9.17) is 4.98 Å². The number of hydrogen-bond donors (Lipinski definition) is 0. The normalized spacial score (nSPS) is 12.4. The number of aryl methyl sites for hydroxylation is 1. The Bertz CT molecular complexity index is 1440. The Morgan fingerprint density at radius 3 is 2.16 bits per heavy atom. The van der Waals surface area contributed by atoms with E-state index in [1.807, 2.05) is 48.7 Å². The van der Waals surface area contributed by atoms with Gasteiger partial charge in [0, 0.05) is 32.5 Å². The average molecular weight is 673 g/mol. The maximum absolute atomic E-state index is 4.70. The molecule has 0 saturated heterocycles. The van der Waals surface area contributed by atoms with E-state index in [1.165, 1.54) is 33.4 Å². The van der Waals surface area contributed by atoms with E-state index in [0.29, 0.717) is 0 Å². The summed E-state index contributed by atoms with van der Waals surface area (Å²) in [6, 6.07) is 37.9. The summed E-state index contributed by atoms with van der Waals surface area (Å²) in [4.78, 5) is 8.92. The summed E-state index contributed by atoms with van der Waals surface area (Å²) in [7, 11) is 0. The third-order valence-corrected chi connectivity index (χ3v) is 7.55. The first-order chi connectivity index (χ1) is 18.2. The molecule has 38 heavy (non-hydrogen) atoms. The van der Waals surface area contributed by atoms with Gasteiger partial charge in [0.25, 0.3) is 0 Å². The molecule has 0 fully saturated rings. The molecule has 0 saturated carbocycles. The first-order valence-electron chi connectivity index (χ1n) is 13.2. The van der Waals surface area contributed by atoms with Gasteiger partial charge in [0.15, 0.2) is 0 Å². The van der Waals surface area contributed by atoms with Crippen LogP contribution in [0.2, 0.25) is 0 Å². The van der Waals surface area contributed by atoms with Crippen LogP contribution in [0.3, 0.4) is 0 Å². The zero-order valence-electron chi connectivity index (χ0n) is 22.2. The van der Waals surface area contributed by atoms with Gasteiger partial charge >= 0.3 is 0 Å². The first-order valence-corrected chi connectivity index (χ1v) is 13.2. The molecule has 2 heterocycles. The number of benzene rings is 3. The van der Waals surface area contributed by atoms with Gasteiger partial charge in [-0.05, 0) is 46.5 Å². The summed E-state index contributed by atoms with van der Waals surface area (Å²) in [6.07, 6.45) is 6.92. The third kappa shape index (κ3) is 5.14. The van der Waals surface area contributed by atoms with E-state index in [9.17, 15) is 0 Å². The van der Waals surface area contributed by atoms with Crippen molar-refractivity contribution >= 4 is 0 Å². The predicted octanol–water partition coefficient (Wildman–Crippen LogP) is 8.74. The Kier molecular flexibility index (Phi) is 9.04. The van der Waals surface area contributed by atoms with E-state index in [-0.39, 0.29) is 25.5 Å². The van der Waals surface area contributed by atoms with Gasteiger partial charge in [0.05, 0.1) is 0 Å². The van der Waals surface area contributed by atoms with Crippen LogP contribution in [0.1, 0.15) is 50.3 Å². The molecule has 0 N–H and O–H groups in total. The van der Waals surface area contributed by atoms with Gasteiger partial charge in [-0.25, -0.2) is 0 Å². The molecule has 2 nitrogen and oxygen atoms in total. The molecule has 0 aliphatic heterocycles. The summed E-state index contributed by atoms with van der Waals surface area (Å²) in [6.45, 7) is 6.81. The number of aromatic nitrogens is 2. The van der Waals surface area contributed by atoms with Gasteiger partial charge in [0.1, 0.15) is 0 Å². The van der Waals surface area contributed by atoms with Crippen molar-refractivity contribution in [2.24, 2.45) is 0 Å². The fourth-order valence-electron chi connectivity index (χ4n) is 5.58. The zero-order chi connectivity index (χ0) is 25.7. The summed E-state index contributed by atoms with van der Waals surface area (Å²) < 4.78 is 0. The summed E-state index contributed by atoms with van der Waals surface area (Å²) >= 11 is 0. The quantitative estimate of drug-likeness (QED) is 0.175. The van der Waals surface area contributed by atoms with Crippen LogP contribution < -0.4 is 0 Å². The monoisotopic (exact) mass is 673 g/mol. The van der Waals surface area contributed by atoms with Crippen LogP contribution >= 0.6 is 0 Å². The number of fused-ring (bicyclic) bond motifs is 3. The molecule has 6 rings (SSSR count). The molecule has 193 valence electrons. The molecule has 1 aliphatic rings. The second kappa shape index (κ2) is 12.4. The van der Waals surface area contributed by atoms with Crippen LogP contribution in [0.25, 0.3) is 33.6 Å². The Labute approximate surface area is 240 Å². The van der Waals surface area contributed by atoms with Gasteiger partial charge in [-0.3, -0.25) is 0 Å². The minimum absolute atomic E-state index is 0. The average Bonchev–Trinajstić information content (AvgIpc) is 3.29. The Morgan fingerprint density at radius 2 is 1.45 bits per heavy atom. The van der Waals surface area contributed by atoms with E-state index >= 15 is 0 Å². The molecule has 0 unspecified atom stereocenters. The maximum atomic E-state index is 4.70. The Balaban J connectivity index is 0.000000218. The molecule has 1 aliphatic carbocycles. The predicted molar refractivity (Wildman–Crippen MR) is 153 cm³/mol. The maximum Gasteiger partial charge on any atom is 0.0163 e. The number of rotatable bonds is 5. The molecular formula is C35H32IrN2-2. The zero-order valence-corrected chi connectivity index (χ0v) is 24.6. The fourth-order valence-corrected chi connectivity index (χ4v) is 5.58. The number of nitrogens with zero attached hydrogens (tertiary/aromatic N) is 2. The van der Waals surface area contributed by atoms with Gasteiger partial charge in [0.2, 0.25) is 0 Å². The van der Waals surface area contributed by atoms with Gasteiger partial charge < -0.3 is 9.97 Å². The largest absolute Gasteiger partial charge is 0.305 e. The third-order valence-electron chi connectivity index (χ3n) is 7.55. The van der Waals surface area contributed by atoms with Gasteiger partial charge in [-0.2, -0.15) is 0 Å². The molecular weight excluding hydrogens is 641 g/mol. The number of hydrogen-bond acceptors (Lipinski definition) is 2. The molecule has 1 radical (unpaired) electrons. The van der Waals surface area contributed by atoms with Crippen molar-refractivity contribution in [3.8, 4) is 33.6 Å². The Hall–Kier alpha value is -3.39. The molecule has 0 amide bonds. The molecule has 3 heteroatoms. The smallest absolute Gasteiger partial charge is 0.0163 e. The standard InChI is InChI=1S/C24H24N.C11H8N.Ir/c1-4-17-14-15-25-22(16-17)20-12-9-11-19-18-10-7-8-13-21(18)24(5-2,6-3)23(19)20;1-2-6-10(7-3-1)11-8-4-5-9-12-11;/h7-11,13-16H,4-6H2,1-3H3;1-6,8-9H;/q2*-1;. The van der Waals surface area contributed by atoms with Crippen LogP contribution in [0.4, 0.5) is 0 Å². The minimum Gasteiger partial charge on any atom is -0.305 e. The second-order valence-corrected chi connectivity index (χ2v) is 9.37. The van der Waals surface area contributed by atoms with Crippen LogP contribution in [0.15, 0.2) is 103 Å². The molecule has 2 aromatic heterocycles. The molecule has 0 atom stereocenters. The first kappa shape index (κ1) is 27.6. The van der Waals surface area contributed by atoms with Crippen molar-refractivity contribution in [2.75, 3.05) is 0 Å². The molecule has 5 aromatic rings. The van der Waals surface area contributed by atoms with Crippen molar-refractivity contribution in [3.63, 3.8) is 0 Å². The van der Waals surface area contributed by atoms with E-state index in [1.54, 1.807) is 6.20 Å². The van der Waals surface area contributed by atoms with Crippen molar-refractivity contribution < 1.29 is 20.1 Å². The fraction of sp³-hybridized carbons (Fsp3) is 0.200. The Morgan fingerprint density at radius 1 is 0.684 bits per heavy atom. The van der Waals surface area contributed by atoms with Crippen molar-refractivity contribution in [3.05, 3.63) is 132 Å². The van der Waals surface area contributed by atoms with E-state index in [2.05, 4.69) is 86.4 Å². The molecule has 0 bridgehead atoms. The minimum atomic E-state index is 0. The van der Waals surface area contributed by atoms with Crippen molar-refractivity contribution in [1.82, 2.24) is 9.97 Å². The SMILES string of the molecule is CCc1ccnc(-c2[c-]ccc3c2C(CC)(CC)c2ccccc2-3)c1.[Ir].[c-]1ccccc1-c1ccccn1. The summed E-state index contributed by atoms with van der Waals surface area (Å²) in [5.74, 6) is 0. The van der Waals surface area contributed by atoms with Gasteiger partial charge in [-0.1, -0.05) is 87.2 Å². The molecule has 0 spiro atoms. The van der Waals surface area contributed by atoms with Crippen LogP contribution in [-0.2, 0) is 31.9 Å². The second-order valence-electron chi connectivity index (χ2n) is 9.37. The van der Waals surface area contributed by atoms with Crippen molar-refractivity contribution in [1.29, 1.82) is 0 Å².